The number of hydrogen-bond donors (Lipinski definition) is 0. The quantitative estimate of drug-likeness (QED) is 0.777. The highest BCUT2D eigenvalue weighted by Gasteiger charge is 2.31. The molecule has 96 valence electrons. The van der Waals surface area contributed by atoms with E-state index in [1.165, 1.54) is 0 Å². The van der Waals surface area contributed by atoms with E-state index in [0.29, 0.717) is 0 Å². The summed E-state index contributed by atoms with van der Waals surface area (Å²) in [5.74, 6) is 0.613. The zero-order valence-electron chi connectivity index (χ0n) is 11.1. The molecule has 1 aliphatic rings. The van der Waals surface area contributed by atoms with Crippen molar-refractivity contribution in [3.05, 3.63) is 53.6 Å². The van der Waals surface area contributed by atoms with Crippen LogP contribution in [0.5, 0.6) is 5.75 Å². The van der Waals surface area contributed by atoms with Crippen LogP contribution in [0.2, 0.25) is 0 Å². The van der Waals surface area contributed by atoms with Crippen LogP contribution in [-0.2, 0) is 4.79 Å². The van der Waals surface area contributed by atoms with Crippen molar-refractivity contribution in [1.29, 1.82) is 0 Å². The van der Waals surface area contributed by atoms with Gasteiger partial charge in [-0.3, -0.25) is 0 Å². The summed E-state index contributed by atoms with van der Waals surface area (Å²) >= 11 is 0. The van der Waals surface area contributed by atoms with Crippen molar-refractivity contribution in [2.45, 2.75) is 25.9 Å². The molecule has 0 aliphatic heterocycles. The van der Waals surface area contributed by atoms with Crippen LogP contribution in [0.1, 0.15) is 30.9 Å². The molecule has 0 spiro atoms. The molecular weight excluding hydrogens is 236 g/mol. The maximum Gasteiger partial charge on any atom is 0.132 e. The molecule has 0 saturated heterocycles. The monoisotopic (exact) mass is 252 g/mol. The smallest absolute Gasteiger partial charge is 0.132 e. The third-order valence-corrected chi connectivity index (χ3v) is 3.46. The molecule has 0 heterocycles. The van der Waals surface area contributed by atoms with E-state index >= 15 is 0 Å². The summed E-state index contributed by atoms with van der Waals surface area (Å²) in [4.78, 5) is 11.5. The normalized spacial score (nSPS) is 16.1. The summed E-state index contributed by atoms with van der Waals surface area (Å²) in [6, 6.07) is 14.1. The van der Waals surface area contributed by atoms with Gasteiger partial charge in [0.05, 0.1) is 12.0 Å². The van der Waals surface area contributed by atoms with Gasteiger partial charge in [-0.25, -0.2) is 0 Å². The van der Waals surface area contributed by atoms with Gasteiger partial charge in [-0.05, 0) is 36.6 Å². The molecule has 0 saturated carbocycles. The summed E-state index contributed by atoms with van der Waals surface area (Å²) in [6.07, 6.45) is 1.11. The summed E-state index contributed by atoms with van der Waals surface area (Å²) in [7, 11) is 0. The number of carbonyl (C=O) groups excluding carboxylic acids is 1. The first-order valence-electron chi connectivity index (χ1n) is 6.56. The zero-order chi connectivity index (χ0) is 13.4. The number of benzene rings is 2. The Kier molecular flexibility index (Phi) is 2.86. The Hall–Kier alpha value is -2.09. The molecular formula is C17H16O2. The first-order valence-corrected chi connectivity index (χ1v) is 6.56. The van der Waals surface area contributed by atoms with E-state index in [1.54, 1.807) is 0 Å². The second-order valence-corrected chi connectivity index (χ2v) is 5.08. The number of carbonyl (C=O) groups is 1. The van der Waals surface area contributed by atoms with Crippen LogP contribution in [0.25, 0.3) is 11.1 Å². The average Bonchev–Trinajstić information content (AvgIpc) is 2.73. The molecule has 19 heavy (non-hydrogen) atoms. The Morgan fingerprint density at radius 2 is 1.79 bits per heavy atom. The zero-order valence-corrected chi connectivity index (χ0v) is 11.1. The molecule has 2 nitrogen and oxygen atoms in total. The SMILES string of the molecule is CC(C)Oc1cccc2c1C(C=O)c1ccccc1-2. The molecule has 0 bridgehead atoms. The summed E-state index contributed by atoms with van der Waals surface area (Å²) in [5.41, 5.74) is 4.34. The lowest BCUT2D eigenvalue weighted by Gasteiger charge is -2.15. The second kappa shape index (κ2) is 4.54. The lowest BCUT2D eigenvalue weighted by atomic mass is 9.98. The predicted molar refractivity (Wildman–Crippen MR) is 75.5 cm³/mol. The minimum absolute atomic E-state index is 0.0996. The van der Waals surface area contributed by atoms with Crippen molar-refractivity contribution in [3.8, 4) is 16.9 Å². The molecule has 0 N–H and O–H groups in total. The molecule has 3 rings (SSSR count). The fourth-order valence-electron chi connectivity index (χ4n) is 2.77. The Morgan fingerprint density at radius 3 is 2.53 bits per heavy atom. The predicted octanol–water partition coefficient (Wildman–Crippen LogP) is 3.79. The number of rotatable bonds is 3. The summed E-state index contributed by atoms with van der Waals surface area (Å²) in [5, 5.41) is 0. The van der Waals surface area contributed by atoms with Crippen LogP contribution in [0, 0.1) is 0 Å². The minimum Gasteiger partial charge on any atom is -0.491 e. The molecule has 0 radical (unpaired) electrons. The van der Waals surface area contributed by atoms with Gasteiger partial charge in [-0.1, -0.05) is 36.4 Å². The van der Waals surface area contributed by atoms with Crippen LogP contribution in [0.15, 0.2) is 42.5 Å². The van der Waals surface area contributed by atoms with Crippen LogP contribution in [0.3, 0.4) is 0 Å². The van der Waals surface area contributed by atoms with Gasteiger partial charge >= 0.3 is 0 Å². The molecule has 0 aromatic heterocycles. The fraction of sp³-hybridized carbons (Fsp3) is 0.235. The maximum atomic E-state index is 11.5. The number of hydrogen-bond acceptors (Lipinski definition) is 2. The van der Waals surface area contributed by atoms with E-state index in [4.69, 9.17) is 4.74 Å². The van der Waals surface area contributed by atoms with E-state index in [-0.39, 0.29) is 12.0 Å². The highest BCUT2D eigenvalue weighted by atomic mass is 16.5. The van der Waals surface area contributed by atoms with Gasteiger partial charge in [0.15, 0.2) is 0 Å². The number of fused-ring (bicyclic) bond motifs is 3. The molecule has 1 aliphatic carbocycles. The van der Waals surface area contributed by atoms with E-state index in [0.717, 1.165) is 34.3 Å². The van der Waals surface area contributed by atoms with Gasteiger partial charge in [0.1, 0.15) is 12.0 Å². The molecule has 1 unspecified atom stereocenters. The Bertz CT molecular complexity index is 629. The van der Waals surface area contributed by atoms with E-state index in [1.807, 2.05) is 44.2 Å². The summed E-state index contributed by atoms with van der Waals surface area (Å²) < 4.78 is 5.86. The van der Waals surface area contributed by atoms with Crippen LogP contribution in [-0.4, -0.2) is 12.4 Å². The summed E-state index contributed by atoms with van der Waals surface area (Å²) in [6.45, 7) is 3.99. The fourth-order valence-corrected chi connectivity index (χ4v) is 2.77. The van der Waals surface area contributed by atoms with E-state index < -0.39 is 0 Å². The van der Waals surface area contributed by atoms with Crippen molar-refractivity contribution in [3.63, 3.8) is 0 Å². The minimum atomic E-state index is -0.207. The second-order valence-electron chi connectivity index (χ2n) is 5.08. The van der Waals surface area contributed by atoms with E-state index in [9.17, 15) is 4.79 Å². The van der Waals surface area contributed by atoms with Gasteiger partial charge in [0, 0.05) is 5.56 Å². The van der Waals surface area contributed by atoms with Gasteiger partial charge in [-0.15, -0.1) is 0 Å². The Morgan fingerprint density at radius 1 is 1.05 bits per heavy atom. The average molecular weight is 252 g/mol. The van der Waals surface area contributed by atoms with E-state index in [2.05, 4.69) is 12.1 Å². The van der Waals surface area contributed by atoms with Gasteiger partial charge in [-0.2, -0.15) is 0 Å². The van der Waals surface area contributed by atoms with Crippen molar-refractivity contribution in [1.82, 2.24) is 0 Å². The number of ether oxygens (including phenoxy) is 1. The van der Waals surface area contributed by atoms with Crippen molar-refractivity contribution in [2.24, 2.45) is 0 Å². The molecule has 2 aromatic rings. The first-order chi connectivity index (χ1) is 9.22. The molecule has 0 amide bonds. The third kappa shape index (κ3) is 1.84. The van der Waals surface area contributed by atoms with Crippen molar-refractivity contribution >= 4 is 6.29 Å². The Balaban J connectivity index is 2.22. The van der Waals surface area contributed by atoms with Gasteiger partial charge in [0.2, 0.25) is 0 Å². The van der Waals surface area contributed by atoms with Crippen molar-refractivity contribution < 1.29 is 9.53 Å². The maximum absolute atomic E-state index is 11.5. The van der Waals surface area contributed by atoms with Crippen molar-refractivity contribution in [2.75, 3.05) is 0 Å². The standard InChI is InChI=1S/C17H16O2/c1-11(2)19-16-9-5-8-14-12-6-3-4-7-13(12)15(10-18)17(14)16/h3-11,15H,1-2H3. The molecule has 0 fully saturated rings. The van der Waals surface area contributed by atoms with Crippen LogP contribution < -0.4 is 4.74 Å². The van der Waals surface area contributed by atoms with Crippen LogP contribution >= 0.6 is 0 Å². The van der Waals surface area contributed by atoms with Gasteiger partial charge < -0.3 is 9.53 Å². The highest BCUT2D eigenvalue weighted by molar-refractivity contribution is 5.89. The Labute approximate surface area is 113 Å². The first kappa shape index (κ1) is 12.0. The highest BCUT2D eigenvalue weighted by Crippen LogP contribution is 2.47. The lowest BCUT2D eigenvalue weighted by Crippen LogP contribution is -2.09. The molecule has 1 atom stereocenters. The largest absolute Gasteiger partial charge is 0.491 e. The molecule has 2 heteroatoms. The number of aldehydes is 1. The van der Waals surface area contributed by atoms with Gasteiger partial charge in [0.25, 0.3) is 0 Å². The third-order valence-electron chi connectivity index (χ3n) is 3.46. The molecule has 2 aromatic carbocycles. The lowest BCUT2D eigenvalue weighted by molar-refractivity contribution is -0.108. The van der Waals surface area contributed by atoms with Crippen LogP contribution in [0.4, 0.5) is 0 Å². The topological polar surface area (TPSA) is 26.3 Å².